The van der Waals surface area contributed by atoms with Crippen LogP contribution in [0.1, 0.15) is 29.3 Å². The zero-order valence-electron chi connectivity index (χ0n) is 15.9. The molecule has 26 heavy (non-hydrogen) atoms. The van der Waals surface area contributed by atoms with Gasteiger partial charge in [0.2, 0.25) is 0 Å². The van der Waals surface area contributed by atoms with E-state index in [9.17, 15) is 0 Å². The highest BCUT2D eigenvalue weighted by Crippen LogP contribution is 2.28. The minimum atomic E-state index is 0.568. The van der Waals surface area contributed by atoms with Gasteiger partial charge in [-0.15, -0.1) is 0 Å². The highest BCUT2D eigenvalue weighted by atomic mass is 16.6. The molecule has 0 fully saturated rings. The van der Waals surface area contributed by atoms with E-state index in [1.807, 2.05) is 57.2 Å². The van der Waals surface area contributed by atoms with Gasteiger partial charge in [-0.3, -0.25) is 4.98 Å². The van der Waals surface area contributed by atoms with Crippen LogP contribution in [0.5, 0.6) is 11.5 Å². The second kappa shape index (κ2) is 10.2. The van der Waals surface area contributed by atoms with Gasteiger partial charge in [0.05, 0.1) is 12.8 Å². The van der Waals surface area contributed by atoms with Crippen LogP contribution in [-0.4, -0.2) is 31.5 Å². The Hall–Kier alpha value is -2.82. The third-order valence-corrected chi connectivity index (χ3v) is 3.78. The standard InChI is InChI=1S/C21H26N2O3/c1-5-6-10-25-20-12-16(2)21(17(3)13-20)26-11-9-19-8-7-18(14-22-19)15-23-24-4/h5-8,12-15H,9-11H2,1-4H3/b6-5+,23-15+. The Morgan fingerprint density at radius 1 is 1.12 bits per heavy atom. The smallest absolute Gasteiger partial charge is 0.125 e. The van der Waals surface area contributed by atoms with E-state index in [1.54, 1.807) is 12.4 Å². The Labute approximate surface area is 155 Å². The van der Waals surface area contributed by atoms with Crippen molar-refractivity contribution in [1.82, 2.24) is 4.98 Å². The fourth-order valence-electron chi connectivity index (χ4n) is 2.49. The van der Waals surface area contributed by atoms with Crippen molar-refractivity contribution < 1.29 is 14.3 Å². The second-order valence-electron chi connectivity index (χ2n) is 5.86. The number of hydrogen-bond donors (Lipinski definition) is 0. The first-order valence-corrected chi connectivity index (χ1v) is 8.63. The summed E-state index contributed by atoms with van der Waals surface area (Å²) in [6, 6.07) is 7.94. The number of benzene rings is 1. The molecule has 0 N–H and O–H groups in total. The molecule has 138 valence electrons. The maximum atomic E-state index is 5.99. The second-order valence-corrected chi connectivity index (χ2v) is 5.86. The van der Waals surface area contributed by atoms with Crippen molar-refractivity contribution >= 4 is 6.21 Å². The summed E-state index contributed by atoms with van der Waals surface area (Å²) in [6.07, 6.45) is 8.09. The molecule has 5 heteroatoms. The Morgan fingerprint density at radius 3 is 2.50 bits per heavy atom. The van der Waals surface area contributed by atoms with Crippen molar-refractivity contribution in [2.75, 3.05) is 20.3 Å². The van der Waals surface area contributed by atoms with E-state index < -0.39 is 0 Å². The fourth-order valence-corrected chi connectivity index (χ4v) is 2.49. The number of rotatable bonds is 9. The average Bonchev–Trinajstić information content (AvgIpc) is 2.63. The number of aromatic nitrogens is 1. The Bertz CT molecular complexity index is 729. The molecule has 2 rings (SSSR count). The van der Waals surface area contributed by atoms with Crippen molar-refractivity contribution in [2.45, 2.75) is 27.2 Å². The lowest BCUT2D eigenvalue weighted by atomic mass is 10.1. The molecule has 0 aliphatic rings. The number of hydrogen-bond acceptors (Lipinski definition) is 5. The third kappa shape index (κ3) is 5.92. The number of oxime groups is 1. The first-order valence-electron chi connectivity index (χ1n) is 8.63. The van der Waals surface area contributed by atoms with Gasteiger partial charge in [0, 0.05) is 23.9 Å². The lowest BCUT2D eigenvalue weighted by Gasteiger charge is -2.14. The van der Waals surface area contributed by atoms with Crippen LogP contribution in [0.15, 0.2) is 47.8 Å². The maximum Gasteiger partial charge on any atom is 0.125 e. The van der Waals surface area contributed by atoms with Crippen LogP contribution < -0.4 is 9.47 Å². The van der Waals surface area contributed by atoms with Crippen LogP contribution in [-0.2, 0) is 11.3 Å². The molecule has 1 aromatic heterocycles. The Kier molecular flexibility index (Phi) is 7.68. The predicted molar refractivity (Wildman–Crippen MR) is 104 cm³/mol. The van der Waals surface area contributed by atoms with Crippen LogP contribution in [0.4, 0.5) is 0 Å². The number of allylic oxidation sites excluding steroid dienone is 1. The SMILES string of the molecule is C/C=C/COc1cc(C)c(OCCc2ccc(/C=N/OC)cn2)c(C)c1. The van der Waals surface area contributed by atoms with Crippen molar-refractivity contribution in [2.24, 2.45) is 5.16 Å². The van der Waals surface area contributed by atoms with E-state index in [1.165, 1.54) is 7.11 Å². The van der Waals surface area contributed by atoms with Crippen LogP contribution in [0.2, 0.25) is 0 Å². The molecule has 0 unspecified atom stereocenters. The molecule has 0 amide bonds. The molecule has 0 aliphatic carbocycles. The zero-order chi connectivity index (χ0) is 18.8. The Balaban J connectivity index is 1.91. The van der Waals surface area contributed by atoms with Gasteiger partial charge in [0.15, 0.2) is 0 Å². The monoisotopic (exact) mass is 354 g/mol. The number of pyridine rings is 1. The van der Waals surface area contributed by atoms with E-state index >= 15 is 0 Å². The fraction of sp³-hybridized carbons (Fsp3) is 0.333. The average molecular weight is 354 g/mol. The van der Waals surface area contributed by atoms with Gasteiger partial charge >= 0.3 is 0 Å². The number of aryl methyl sites for hydroxylation is 2. The summed E-state index contributed by atoms with van der Waals surface area (Å²) in [5.74, 6) is 1.77. The minimum Gasteiger partial charge on any atom is -0.493 e. The van der Waals surface area contributed by atoms with Crippen molar-refractivity contribution in [3.05, 3.63) is 65.0 Å². The summed E-state index contributed by atoms with van der Waals surface area (Å²) in [7, 11) is 1.51. The highest BCUT2D eigenvalue weighted by Gasteiger charge is 2.07. The van der Waals surface area contributed by atoms with E-state index in [4.69, 9.17) is 9.47 Å². The predicted octanol–water partition coefficient (Wildman–Crippen LogP) is 4.26. The summed E-state index contributed by atoms with van der Waals surface area (Å²) >= 11 is 0. The van der Waals surface area contributed by atoms with Gasteiger partial charge < -0.3 is 14.3 Å². The quantitative estimate of drug-likeness (QED) is 0.384. The normalized spacial score (nSPS) is 11.2. The van der Waals surface area contributed by atoms with Crippen LogP contribution >= 0.6 is 0 Å². The van der Waals surface area contributed by atoms with E-state index in [2.05, 4.69) is 15.0 Å². The molecule has 0 bridgehead atoms. The lowest BCUT2D eigenvalue weighted by Crippen LogP contribution is -2.06. The van der Waals surface area contributed by atoms with Crippen molar-refractivity contribution in [3.63, 3.8) is 0 Å². The molecule has 2 aromatic rings. The van der Waals surface area contributed by atoms with Gasteiger partial charge in [0.25, 0.3) is 0 Å². The first kappa shape index (κ1) is 19.5. The molecule has 0 saturated heterocycles. The largest absolute Gasteiger partial charge is 0.493 e. The molecule has 1 heterocycles. The summed E-state index contributed by atoms with van der Waals surface area (Å²) in [5.41, 5.74) is 4.01. The summed E-state index contributed by atoms with van der Waals surface area (Å²) in [4.78, 5) is 9.07. The molecule has 0 saturated carbocycles. The van der Waals surface area contributed by atoms with Gasteiger partial charge in [-0.1, -0.05) is 17.3 Å². The highest BCUT2D eigenvalue weighted by molar-refractivity contribution is 5.78. The van der Waals surface area contributed by atoms with Gasteiger partial charge in [-0.2, -0.15) is 0 Å². The molecule has 0 spiro atoms. The molecule has 5 nitrogen and oxygen atoms in total. The zero-order valence-corrected chi connectivity index (χ0v) is 15.9. The summed E-state index contributed by atoms with van der Waals surface area (Å²) in [6.45, 7) is 7.19. The lowest BCUT2D eigenvalue weighted by molar-refractivity contribution is 0.215. The topological polar surface area (TPSA) is 52.9 Å². The van der Waals surface area contributed by atoms with Gasteiger partial charge in [-0.05, 0) is 56.2 Å². The van der Waals surface area contributed by atoms with Crippen LogP contribution in [0.3, 0.4) is 0 Å². The Morgan fingerprint density at radius 2 is 1.88 bits per heavy atom. The summed E-state index contributed by atoms with van der Waals surface area (Å²) < 4.78 is 11.7. The van der Waals surface area contributed by atoms with E-state index in [0.29, 0.717) is 13.2 Å². The number of nitrogens with zero attached hydrogens (tertiary/aromatic N) is 2. The first-order chi connectivity index (χ1) is 12.6. The third-order valence-electron chi connectivity index (χ3n) is 3.78. The van der Waals surface area contributed by atoms with E-state index in [0.717, 1.165) is 40.3 Å². The molecule has 0 aliphatic heterocycles. The minimum absolute atomic E-state index is 0.568. The molecule has 0 atom stereocenters. The van der Waals surface area contributed by atoms with Crippen LogP contribution in [0.25, 0.3) is 0 Å². The molecule has 0 radical (unpaired) electrons. The van der Waals surface area contributed by atoms with Gasteiger partial charge in [-0.25, -0.2) is 0 Å². The van der Waals surface area contributed by atoms with Crippen LogP contribution in [0, 0.1) is 13.8 Å². The summed E-state index contributed by atoms with van der Waals surface area (Å²) in [5, 5.41) is 3.72. The van der Waals surface area contributed by atoms with Crippen molar-refractivity contribution in [3.8, 4) is 11.5 Å². The van der Waals surface area contributed by atoms with E-state index in [-0.39, 0.29) is 0 Å². The van der Waals surface area contributed by atoms with Crippen molar-refractivity contribution in [1.29, 1.82) is 0 Å². The molecular formula is C21H26N2O3. The maximum absolute atomic E-state index is 5.99. The molecule has 1 aromatic carbocycles. The van der Waals surface area contributed by atoms with Gasteiger partial charge in [0.1, 0.15) is 25.2 Å². The molecular weight excluding hydrogens is 328 g/mol. The number of ether oxygens (including phenoxy) is 2.